The molecule has 0 aliphatic heterocycles. The van der Waals surface area contributed by atoms with Gasteiger partial charge in [-0.3, -0.25) is 0 Å². The molecule has 0 aliphatic carbocycles. The molecule has 114 valence electrons. The van der Waals surface area contributed by atoms with Crippen molar-refractivity contribution in [3.63, 3.8) is 0 Å². The van der Waals surface area contributed by atoms with Crippen molar-refractivity contribution < 1.29 is 8.42 Å². The average Bonchev–Trinajstić information content (AvgIpc) is 2.89. The molecule has 0 atom stereocenters. The second kappa shape index (κ2) is 5.90. The van der Waals surface area contributed by atoms with E-state index in [1.807, 2.05) is 41.9 Å². The van der Waals surface area contributed by atoms with E-state index in [0.29, 0.717) is 18.5 Å². The number of sulfonamides is 1. The van der Waals surface area contributed by atoms with Crippen molar-refractivity contribution >= 4 is 21.1 Å². The SMILES string of the molecule is Cn1cnc2cc(S(=O)(=O)NCCc3ccccc3)ccc21. The van der Waals surface area contributed by atoms with Crippen LogP contribution in [0.15, 0.2) is 59.8 Å². The minimum Gasteiger partial charge on any atom is -0.334 e. The quantitative estimate of drug-likeness (QED) is 0.784. The summed E-state index contributed by atoms with van der Waals surface area (Å²) in [6.07, 6.45) is 2.33. The number of imidazole rings is 1. The molecule has 3 aromatic rings. The summed E-state index contributed by atoms with van der Waals surface area (Å²) >= 11 is 0. The molecule has 0 bridgehead atoms. The highest BCUT2D eigenvalue weighted by Crippen LogP contribution is 2.17. The van der Waals surface area contributed by atoms with Crippen LogP contribution in [0, 0.1) is 0 Å². The molecule has 0 amide bonds. The van der Waals surface area contributed by atoms with Gasteiger partial charge in [0.05, 0.1) is 22.3 Å². The Balaban J connectivity index is 1.73. The normalized spacial score (nSPS) is 11.9. The molecule has 0 spiro atoms. The fraction of sp³-hybridized carbons (Fsp3) is 0.188. The summed E-state index contributed by atoms with van der Waals surface area (Å²) in [4.78, 5) is 4.43. The van der Waals surface area contributed by atoms with E-state index < -0.39 is 10.0 Å². The Hall–Kier alpha value is -2.18. The third kappa shape index (κ3) is 3.03. The number of hydrogen-bond acceptors (Lipinski definition) is 3. The van der Waals surface area contributed by atoms with Gasteiger partial charge in [0.15, 0.2) is 0 Å². The smallest absolute Gasteiger partial charge is 0.240 e. The van der Waals surface area contributed by atoms with Gasteiger partial charge in [-0.25, -0.2) is 18.1 Å². The molecule has 0 aliphatic rings. The molecule has 0 saturated heterocycles. The van der Waals surface area contributed by atoms with E-state index in [0.717, 1.165) is 11.1 Å². The van der Waals surface area contributed by atoms with Crippen LogP contribution < -0.4 is 4.72 Å². The van der Waals surface area contributed by atoms with Gasteiger partial charge in [-0.1, -0.05) is 30.3 Å². The molecule has 22 heavy (non-hydrogen) atoms. The van der Waals surface area contributed by atoms with E-state index in [2.05, 4.69) is 9.71 Å². The summed E-state index contributed by atoms with van der Waals surface area (Å²) in [5.74, 6) is 0. The summed E-state index contributed by atoms with van der Waals surface area (Å²) in [6, 6.07) is 14.8. The number of aryl methyl sites for hydroxylation is 1. The van der Waals surface area contributed by atoms with Gasteiger partial charge >= 0.3 is 0 Å². The maximum atomic E-state index is 12.3. The van der Waals surface area contributed by atoms with Gasteiger partial charge in [0.1, 0.15) is 0 Å². The summed E-state index contributed by atoms with van der Waals surface area (Å²) in [5.41, 5.74) is 2.68. The zero-order valence-corrected chi connectivity index (χ0v) is 13.0. The van der Waals surface area contributed by atoms with E-state index in [4.69, 9.17) is 0 Å². The predicted octanol–water partition coefficient (Wildman–Crippen LogP) is 2.09. The van der Waals surface area contributed by atoms with E-state index in [1.54, 1.807) is 24.5 Å². The maximum Gasteiger partial charge on any atom is 0.240 e. The van der Waals surface area contributed by atoms with Crippen molar-refractivity contribution in [3.05, 3.63) is 60.4 Å². The Bertz CT molecular complexity index is 886. The fourth-order valence-electron chi connectivity index (χ4n) is 2.34. The summed E-state index contributed by atoms with van der Waals surface area (Å²) in [7, 11) is -1.64. The van der Waals surface area contributed by atoms with Crippen LogP contribution in [0.2, 0.25) is 0 Å². The van der Waals surface area contributed by atoms with Crippen LogP contribution in [0.1, 0.15) is 5.56 Å². The van der Waals surface area contributed by atoms with Crippen LogP contribution in [0.3, 0.4) is 0 Å². The van der Waals surface area contributed by atoms with Gasteiger partial charge in [0.2, 0.25) is 10.0 Å². The van der Waals surface area contributed by atoms with Crippen LogP contribution in [-0.4, -0.2) is 24.5 Å². The molecule has 1 aromatic heterocycles. The molecule has 0 unspecified atom stereocenters. The van der Waals surface area contributed by atoms with Crippen LogP contribution in [0.25, 0.3) is 11.0 Å². The van der Waals surface area contributed by atoms with Crippen LogP contribution in [0.5, 0.6) is 0 Å². The lowest BCUT2D eigenvalue weighted by Crippen LogP contribution is -2.26. The summed E-state index contributed by atoms with van der Waals surface area (Å²) in [6.45, 7) is 0.368. The van der Waals surface area contributed by atoms with Crippen molar-refractivity contribution in [1.82, 2.24) is 14.3 Å². The molecular formula is C16H17N3O2S. The van der Waals surface area contributed by atoms with Gasteiger partial charge < -0.3 is 4.57 Å². The minimum absolute atomic E-state index is 0.242. The number of benzene rings is 2. The third-order valence-corrected chi connectivity index (χ3v) is 5.01. The fourth-order valence-corrected chi connectivity index (χ4v) is 3.39. The molecule has 0 radical (unpaired) electrons. The van der Waals surface area contributed by atoms with Gasteiger partial charge in [0.25, 0.3) is 0 Å². The number of nitrogens with zero attached hydrogens (tertiary/aromatic N) is 2. The van der Waals surface area contributed by atoms with Gasteiger partial charge in [0, 0.05) is 13.6 Å². The Labute approximate surface area is 129 Å². The van der Waals surface area contributed by atoms with Crippen molar-refractivity contribution in [2.75, 3.05) is 6.54 Å². The predicted molar refractivity (Wildman–Crippen MR) is 86.0 cm³/mol. The summed E-state index contributed by atoms with van der Waals surface area (Å²) < 4.78 is 29.1. The first-order chi connectivity index (χ1) is 10.6. The average molecular weight is 315 g/mol. The Morgan fingerprint density at radius 3 is 2.68 bits per heavy atom. The summed E-state index contributed by atoms with van der Waals surface area (Å²) in [5, 5.41) is 0. The molecule has 1 heterocycles. The lowest BCUT2D eigenvalue weighted by Gasteiger charge is -2.07. The second-order valence-corrected chi connectivity index (χ2v) is 6.91. The molecule has 1 N–H and O–H groups in total. The number of hydrogen-bond donors (Lipinski definition) is 1. The minimum atomic E-state index is -3.51. The maximum absolute atomic E-state index is 12.3. The zero-order valence-electron chi connectivity index (χ0n) is 12.2. The molecule has 3 rings (SSSR count). The Morgan fingerprint density at radius 2 is 1.91 bits per heavy atom. The van der Waals surface area contributed by atoms with Gasteiger partial charge in [-0.15, -0.1) is 0 Å². The van der Waals surface area contributed by atoms with Crippen LogP contribution >= 0.6 is 0 Å². The first kappa shape index (κ1) is 14.7. The number of rotatable bonds is 5. The van der Waals surface area contributed by atoms with E-state index in [1.165, 1.54) is 0 Å². The molecular weight excluding hydrogens is 298 g/mol. The number of aromatic nitrogens is 2. The standard InChI is InChI=1S/C16H17N3O2S/c1-19-12-17-15-11-14(7-8-16(15)19)22(20,21)18-10-9-13-5-3-2-4-6-13/h2-8,11-12,18H,9-10H2,1H3. The number of nitrogens with one attached hydrogen (secondary N) is 1. The highest BCUT2D eigenvalue weighted by atomic mass is 32.2. The topological polar surface area (TPSA) is 64.0 Å². The first-order valence-electron chi connectivity index (χ1n) is 7.01. The van der Waals surface area contributed by atoms with Gasteiger partial charge in [-0.2, -0.15) is 0 Å². The van der Waals surface area contributed by atoms with Crippen LogP contribution in [0.4, 0.5) is 0 Å². The van der Waals surface area contributed by atoms with Gasteiger partial charge in [-0.05, 0) is 30.2 Å². The molecule has 0 saturated carbocycles. The number of fused-ring (bicyclic) bond motifs is 1. The van der Waals surface area contributed by atoms with Crippen molar-refractivity contribution in [1.29, 1.82) is 0 Å². The molecule has 5 nitrogen and oxygen atoms in total. The van der Waals surface area contributed by atoms with E-state index in [9.17, 15) is 8.42 Å². The third-order valence-electron chi connectivity index (χ3n) is 3.56. The largest absolute Gasteiger partial charge is 0.334 e. The van der Waals surface area contributed by atoms with Crippen molar-refractivity contribution in [2.24, 2.45) is 7.05 Å². The lowest BCUT2D eigenvalue weighted by atomic mass is 10.2. The highest BCUT2D eigenvalue weighted by molar-refractivity contribution is 7.89. The van der Waals surface area contributed by atoms with Crippen molar-refractivity contribution in [2.45, 2.75) is 11.3 Å². The van der Waals surface area contributed by atoms with E-state index in [-0.39, 0.29) is 4.90 Å². The lowest BCUT2D eigenvalue weighted by molar-refractivity contribution is 0.582. The first-order valence-corrected chi connectivity index (χ1v) is 8.49. The molecule has 0 fully saturated rings. The molecule has 2 aromatic carbocycles. The van der Waals surface area contributed by atoms with Crippen molar-refractivity contribution in [3.8, 4) is 0 Å². The van der Waals surface area contributed by atoms with E-state index >= 15 is 0 Å². The molecule has 6 heteroatoms. The van der Waals surface area contributed by atoms with Crippen LogP contribution in [-0.2, 0) is 23.5 Å². The Kier molecular flexibility index (Phi) is 3.96. The second-order valence-electron chi connectivity index (χ2n) is 5.14. The monoisotopic (exact) mass is 315 g/mol. The highest BCUT2D eigenvalue weighted by Gasteiger charge is 2.14. The Morgan fingerprint density at radius 1 is 1.14 bits per heavy atom. The zero-order chi connectivity index (χ0) is 15.6.